The second-order valence-corrected chi connectivity index (χ2v) is 3.49. The Morgan fingerprint density at radius 3 is 2.79 bits per heavy atom. The first kappa shape index (κ1) is 12.6. The zero-order valence-corrected chi connectivity index (χ0v) is 9.45. The number of carbonyl (C=O) groups excluding carboxylic acids is 1. The van der Waals surface area contributed by atoms with Crippen molar-refractivity contribution < 1.29 is 18.8 Å². The number of hydrogen-bond acceptors (Lipinski definition) is 5. The number of ether oxygens (including phenoxy) is 1. The number of carbonyl (C=O) groups is 1. The highest BCUT2D eigenvalue weighted by Crippen LogP contribution is 2.27. The van der Waals surface area contributed by atoms with Crippen molar-refractivity contribution in [3.05, 3.63) is 58.0 Å². The lowest BCUT2D eigenvalue weighted by atomic mass is 10.3. The summed E-state index contributed by atoms with van der Waals surface area (Å²) in [6.45, 7) is 0. The van der Waals surface area contributed by atoms with Crippen LogP contribution in [0, 0.1) is 15.9 Å². The molecule has 2 aromatic rings. The van der Waals surface area contributed by atoms with Gasteiger partial charge in [0.2, 0.25) is 5.88 Å². The molecule has 0 amide bonds. The van der Waals surface area contributed by atoms with E-state index in [1.165, 1.54) is 18.3 Å². The predicted octanol–water partition coefficient (Wildman–Crippen LogP) is 2.73. The van der Waals surface area contributed by atoms with Gasteiger partial charge in [-0.15, -0.1) is 0 Å². The van der Waals surface area contributed by atoms with E-state index < -0.39 is 10.7 Å². The van der Waals surface area contributed by atoms with E-state index in [9.17, 15) is 19.3 Å². The van der Waals surface area contributed by atoms with Gasteiger partial charge in [0.15, 0.2) is 17.9 Å². The minimum absolute atomic E-state index is 0.0646. The third-order valence-corrected chi connectivity index (χ3v) is 2.26. The molecule has 0 saturated carbocycles. The van der Waals surface area contributed by atoms with Crippen LogP contribution in [0.4, 0.5) is 10.1 Å². The number of aromatic nitrogens is 1. The van der Waals surface area contributed by atoms with Crippen LogP contribution in [0.3, 0.4) is 0 Å². The summed E-state index contributed by atoms with van der Waals surface area (Å²) in [6.07, 6.45) is 1.90. The van der Waals surface area contributed by atoms with Crippen LogP contribution in [-0.4, -0.2) is 16.2 Å². The van der Waals surface area contributed by atoms with Crippen LogP contribution in [0.15, 0.2) is 36.5 Å². The fourth-order valence-electron chi connectivity index (χ4n) is 1.37. The summed E-state index contributed by atoms with van der Waals surface area (Å²) in [7, 11) is 0. The molecule has 0 atom stereocenters. The maximum absolute atomic E-state index is 13.6. The number of benzene rings is 1. The summed E-state index contributed by atoms with van der Waals surface area (Å²) >= 11 is 0. The highest BCUT2D eigenvalue weighted by Gasteiger charge is 2.14. The SMILES string of the molecule is O=Cc1cccnc1Oc1ccc([N+](=O)[O-])cc1F. The topological polar surface area (TPSA) is 82.3 Å². The number of nitro groups is 1. The molecular formula is C12H7FN2O4. The first-order chi connectivity index (χ1) is 9.11. The van der Waals surface area contributed by atoms with Gasteiger partial charge in [0.05, 0.1) is 16.6 Å². The zero-order valence-electron chi connectivity index (χ0n) is 9.45. The van der Waals surface area contributed by atoms with E-state index in [0.717, 1.165) is 18.2 Å². The lowest BCUT2D eigenvalue weighted by molar-refractivity contribution is -0.385. The minimum atomic E-state index is -0.906. The van der Waals surface area contributed by atoms with Gasteiger partial charge in [-0.1, -0.05) is 0 Å². The summed E-state index contributed by atoms with van der Waals surface area (Å²) < 4.78 is 18.7. The van der Waals surface area contributed by atoms with Gasteiger partial charge in [-0.2, -0.15) is 0 Å². The van der Waals surface area contributed by atoms with E-state index in [2.05, 4.69) is 4.98 Å². The highest BCUT2D eigenvalue weighted by atomic mass is 19.1. The van der Waals surface area contributed by atoms with Gasteiger partial charge in [0.25, 0.3) is 5.69 Å². The van der Waals surface area contributed by atoms with Gasteiger partial charge < -0.3 is 4.74 Å². The molecule has 2 rings (SSSR count). The number of rotatable bonds is 4. The molecule has 0 aliphatic rings. The number of halogens is 1. The molecule has 96 valence electrons. The Morgan fingerprint density at radius 2 is 2.16 bits per heavy atom. The number of nitro benzene ring substituents is 1. The largest absolute Gasteiger partial charge is 0.435 e. The Labute approximate surface area is 106 Å². The van der Waals surface area contributed by atoms with Crippen LogP contribution in [0.25, 0.3) is 0 Å². The first-order valence-corrected chi connectivity index (χ1v) is 5.14. The summed E-state index contributed by atoms with van der Waals surface area (Å²) in [5.41, 5.74) is -0.235. The average Bonchev–Trinajstić information content (AvgIpc) is 2.41. The molecule has 0 radical (unpaired) electrons. The second kappa shape index (κ2) is 5.21. The Hall–Kier alpha value is -2.83. The molecule has 6 nitrogen and oxygen atoms in total. The normalized spacial score (nSPS) is 9.95. The Balaban J connectivity index is 2.33. The maximum atomic E-state index is 13.6. The predicted molar refractivity (Wildman–Crippen MR) is 62.8 cm³/mol. The van der Waals surface area contributed by atoms with E-state index in [4.69, 9.17) is 4.74 Å². The molecular weight excluding hydrogens is 255 g/mol. The van der Waals surface area contributed by atoms with Crippen LogP contribution in [0.1, 0.15) is 10.4 Å². The van der Waals surface area contributed by atoms with Gasteiger partial charge >= 0.3 is 0 Å². The fourth-order valence-corrected chi connectivity index (χ4v) is 1.37. The van der Waals surface area contributed by atoms with Gasteiger partial charge in [0.1, 0.15) is 0 Å². The van der Waals surface area contributed by atoms with E-state index in [1.807, 2.05) is 0 Å². The van der Waals surface area contributed by atoms with E-state index in [0.29, 0.717) is 6.29 Å². The summed E-state index contributed by atoms with van der Waals surface area (Å²) in [5, 5.41) is 10.5. The number of pyridine rings is 1. The van der Waals surface area contributed by atoms with Crippen molar-refractivity contribution in [3.63, 3.8) is 0 Å². The lowest BCUT2D eigenvalue weighted by Crippen LogP contribution is -1.96. The molecule has 19 heavy (non-hydrogen) atoms. The minimum Gasteiger partial charge on any atom is -0.435 e. The van der Waals surface area contributed by atoms with Crippen molar-refractivity contribution in [1.82, 2.24) is 4.98 Å². The molecule has 0 spiro atoms. The van der Waals surface area contributed by atoms with Crippen molar-refractivity contribution in [1.29, 1.82) is 0 Å². The summed E-state index contributed by atoms with van der Waals surface area (Å²) in [5.74, 6) is -1.21. The molecule has 1 heterocycles. The molecule has 0 saturated heterocycles. The van der Waals surface area contributed by atoms with E-state index in [1.54, 1.807) is 0 Å². The van der Waals surface area contributed by atoms with Gasteiger partial charge in [-0.25, -0.2) is 9.37 Å². The zero-order chi connectivity index (χ0) is 13.8. The van der Waals surface area contributed by atoms with E-state index >= 15 is 0 Å². The molecule has 0 unspecified atom stereocenters. The second-order valence-electron chi connectivity index (χ2n) is 3.49. The monoisotopic (exact) mass is 262 g/mol. The van der Waals surface area contributed by atoms with Gasteiger partial charge in [-0.05, 0) is 18.2 Å². The van der Waals surface area contributed by atoms with Crippen LogP contribution in [0.2, 0.25) is 0 Å². The third-order valence-electron chi connectivity index (χ3n) is 2.26. The maximum Gasteiger partial charge on any atom is 0.272 e. The van der Waals surface area contributed by atoms with Gasteiger partial charge in [-0.3, -0.25) is 14.9 Å². The van der Waals surface area contributed by atoms with Crippen molar-refractivity contribution in [2.75, 3.05) is 0 Å². The quantitative estimate of drug-likeness (QED) is 0.480. The summed E-state index contributed by atoms with van der Waals surface area (Å²) in [4.78, 5) is 24.3. The molecule has 1 aromatic carbocycles. The molecule has 1 aromatic heterocycles. The Kier molecular flexibility index (Phi) is 3.46. The smallest absolute Gasteiger partial charge is 0.272 e. The lowest BCUT2D eigenvalue weighted by Gasteiger charge is -2.06. The van der Waals surface area contributed by atoms with Crippen molar-refractivity contribution in [3.8, 4) is 11.6 Å². The van der Waals surface area contributed by atoms with Crippen molar-refractivity contribution >= 4 is 12.0 Å². The number of nitrogens with zero attached hydrogens (tertiary/aromatic N) is 2. The molecule has 0 bridgehead atoms. The van der Waals surface area contributed by atoms with Crippen molar-refractivity contribution in [2.45, 2.75) is 0 Å². The van der Waals surface area contributed by atoms with Crippen LogP contribution >= 0.6 is 0 Å². The van der Waals surface area contributed by atoms with Crippen LogP contribution in [0.5, 0.6) is 11.6 Å². The average molecular weight is 262 g/mol. The van der Waals surface area contributed by atoms with Gasteiger partial charge in [0, 0.05) is 12.3 Å². The number of aldehydes is 1. The summed E-state index contributed by atoms with van der Waals surface area (Å²) in [6, 6.07) is 5.93. The molecule has 0 fully saturated rings. The number of hydrogen-bond donors (Lipinski definition) is 0. The van der Waals surface area contributed by atoms with Crippen molar-refractivity contribution in [2.24, 2.45) is 0 Å². The highest BCUT2D eigenvalue weighted by molar-refractivity contribution is 5.78. The fraction of sp³-hybridized carbons (Fsp3) is 0. The third kappa shape index (κ3) is 2.71. The van der Waals surface area contributed by atoms with E-state index in [-0.39, 0.29) is 22.9 Å². The van der Waals surface area contributed by atoms with Crippen LogP contribution in [-0.2, 0) is 0 Å². The molecule has 0 aliphatic heterocycles. The molecule has 0 N–H and O–H groups in total. The number of non-ortho nitro benzene ring substituents is 1. The first-order valence-electron chi connectivity index (χ1n) is 5.14. The van der Waals surface area contributed by atoms with Crippen LogP contribution < -0.4 is 4.74 Å². The Bertz CT molecular complexity index is 645. The molecule has 7 heteroatoms. The standard InChI is InChI=1S/C12H7FN2O4/c13-10-6-9(15(17)18)3-4-11(10)19-12-8(7-16)2-1-5-14-12/h1-7H. The molecule has 0 aliphatic carbocycles. The Morgan fingerprint density at radius 1 is 1.37 bits per heavy atom.